The van der Waals surface area contributed by atoms with Crippen molar-refractivity contribution in [1.82, 2.24) is 30.0 Å². The molecule has 0 atom stereocenters. The summed E-state index contributed by atoms with van der Waals surface area (Å²) in [5.41, 5.74) is 3.37. The summed E-state index contributed by atoms with van der Waals surface area (Å²) in [6.07, 6.45) is 15.4. The van der Waals surface area contributed by atoms with Gasteiger partial charge in [-0.1, -0.05) is 61.2 Å². The maximum atomic E-state index is 13.5. The molecule has 0 spiro atoms. The predicted octanol–water partition coefficient (Wildman–Crippen LogP) is 7.73. The van der Waals surface area contributed by atoms with Crippen LogP contribution in [0.25, 0.3) is 11.3 Å². The Morgan fingerprint density at radius 1 is 0.980 bits per heavy atom. The molecule has 0 unspecified atom stereocenters. The second kappa shape index (κ2) is 18.7. The number of carbonyl (C=O) groups is 2. The Kier molecular flexibility index (Phi) is 14.1. The van der Waals surface area contributed by atoms with E-state index in [-0.39, 0.29) is 37.3 Å². The van der Waals surface area contributed by atoms with E-state index >= 15 is 0 Å². The average molecular weight is 722 g/mol. The third kappa shape index (κ3) is 12.5. The molecular formula is C39H56ClN7O4. The number of nitrogens with zero attached hydrogens (tertiary/aromatic N) is 5. The Hall–Kier alpha value is -3.70. The number of benzene rings is 1. The Labute approximate surface area is 308 Å². The molecule has 0 bridgehead atoms. The lowest BCUT2D eigenvalue weighted by atomic mass is 9.90. The lowest BCUT2D eigenvalue weighted by Gasteiger charge is -2.36. The largest absolute Gasteiger partial charge is 0.459 e. The molecule has 3 aromatic rings. The van der Waals surface area contributed by atoms with Crippen molar-refractivity contribution in [1.29, 1.82) is 0 Å². The maximum Gasteiger partial charge on any atom is 0.410 e. The summed E-state index contributed by atoms with van der Waals surface area (Å²) in [4.78, 5) is 36.7. The van der Waals surface area contributed by atoms with Gasteiger partial charge in [0.1, 0.15) is 12.2 Å². The average Bonchev–Trinajstić information content (AvgIpc) is 3.86. The number of aromatic nitrogens is 4. The highest BCUT2D eigenvalue weighted by atomic mass is 35.5. The fourth-order valence-corrected chi connectivity index (χ4v) is 6.89. The van der Waals surface area contributed by atoms with E-state index in [1.807, 2.05) is 73.9 Å². The van der Waals surface area contributed by atoms with Crippen molar-refractivity contribution in [2.24, 2.45) is 13.0 Å². The van der Waals surface area contributed by atoms with Gasteiger partial charge in [0.15, 0.2) is 0 Å². The van der Waals surface area contributed by atoms with Gasteiger partial charge in [-0.3, -0.25) is 9.48 Å². The number of hydrogen-bond donors (Lipinski definition) is 2. The lowest BCUT2D eigenvalue weighted by Crippen LogP contribution is -2.44. The normalized spacial score (nSPS) is 17.6. The monoisotopic (exact) mass is 721 g/mol. The van der Waals surface area contributed by atoms with Crippen LogP contribution in [-0.4, -0.2) is 74.0 Å². The fourth-order valence-electron chi connectivity index (χ4n) is 6.69. The Bertz CT molecular complexity index is 1550. The number of ether oxygens (including phenoxy) is 2. The first-order valence-electron chi connectivity index (χ1n) is 18.8. The molecule has 1 aromatic carbocycles. The van der Waals surface area contributed by atoms with Gasteiger partial charge in [0, 0.05) is 36.9 Å². The van der Waals surface area contributed by atoms with E-state index in [1.165, 1.54) is 12.8 Å². The SMILES string of the molecule is Cn1ncc(-c2nc(NC3CCC(N(CCCCCCCNCC(=O)OC(C)(C)C)C(=O)OCc4ccccc4)CC3)ncc2Cl)c1CC1CC1. The zero-order valence-corrected chi connectivity index (χ0v) is 31.6. The Morgan fingerprint density at radius 2 is 1.71 bits per heavy atom. The molecule has 2 aromatic heterocycles. The van der Waals surface area contributed by atoms with Gasteiger partial charge in [-0.25, -0.2) is 14.8 Å². The molecule has 5 rings (SSSR count). The number of nitrogens with one attached hydrogen (secondary N) is 2. The van der Waals surface area contributed by atoms with Crippen LogP contribution in [0.2, 0.25) is 5.02 Å². The first-order chi connectivity index (χ1) is 24.6. The van der Waals surface area contributed by atoms with Crippen LogP contribution in [0, 0.1) is 5.92 Å². The van der Waals surface area contributed by atoms with Crippen molar-refractivity contribution in [3.8, 4) is 11.3 Å². The molecule has 51 heavy (non-hydrogen) atoms. The Balaban J connectivity index is 1.10. The van der Waals surface area contributed by atoms with Gasteiger partial charge in [-0.05, 0) is 96.6 Å². The molecule has 278 valence electrons. The number of aryl methyl sites for hydroxylation is 1. The van der Waals surface area contributed by atoms with Gasteiger partial charge in [-0.2, -0.15) is 5.10 Å². The number of amides is 1. The quantitative estimate of drug-likeness (QED) is 0.100. The molecule has 2 aliphatic carbocycles. The second-order valence-electron chi connectivity index (χ2n) is 15.1. The van der Waals surface area contributed by atoms with Gasteiger partial charge >= 0.3 is 12.1 Å². The molecule has 2 N–H and O–H groups in total. The second-order valence-corrected chi connectivity index (χ2v) is 15.5. The van der Waals surface area contributed by atoms with Crippen molar-refractivity contribution in [2.75, 3.05) is 25.0 Å². The van der Waals surface area contributed by atoms with Crippen molar-refractivity contribution >= 4 is 29.6 Å². The molecule has 0 radical (unpaired) electrons. The van der Waals surface area contributed by atoms with Crippen LogP contribution < -0.4 is 10.6 Å². The molecule has 11 nitrogen and oxygen atoms in total. The van der Waals surface area contributed by atoms with E-state index < -0.39 is 5.60 Å². The molecule has 12 heteroatoms. The van der Waals surface area contributed by atoms with Crippen LogP contribution in [0.5, 0.6) is 0 Å². The first kappa shape index (κ1) is 38.5. The molecule has 2 fully saturated rings. The van der Waals surface area contributed by atoms with Crippen LogP contribution in [0.3, 0.4) is 0 Å². The number of unbranched alkanes of at least 4 members (excludes halogenated alkanes) is 4. The lowest BCUT2D eigenvalue weighted by molar-refractivity contribution is -0.153. The van der Waals surface area contributed by atoms with Crippen molar-refractivity contribution in [3.05, 3.63) is 59.0 Å². The van der Waals surface area contributed by atoms with Crippen LogP contribution in [0.15, 0.2) is 42.7 Å². The van der Waals surface area contributed by atoms with Crippen LogP contribution in [0.4, 0.5) is 10.7 Å². The maximum absolute atomic E-state index is 13.5. The fraction of sp³-hybridized carbons (Fsp3) is 0.615. The number of rotatable bonds is 18. The molecular weight excluding hydrogens is 666 g/mol. The third-order valence-corrected chi connectivity index (χ3v) is 9.87. The number of halogens is 1. The minimum absolute atomic E-state index is 0.116. The number of anilines is 1. The minimum Gasteiger partial charge on any atom is -0.459 e. The van der Waals surface area contributed by atoms with Crippen LogP contribution >= 0.6 is 11.6 Å². The zero-order valence-electron chi connectivity index (χ0n) is 30.8. The number of hydrogen-bond acceptors (Lipinski definition) is 9. The summed E-state index contributed by atoms with van der Waals surface area (Å²) in [5.74, 6) is 1.06. The number of carbonyl (C=O) groups excluding carboxylic acids is 2. The van der Waals surface area contributed by atoms with Gasteiger partial charge in [-0.15, -0.1) is 0 Å². The van der Waals surface area contributed by atoms with E-state index in [9.17, 15) is 9.59 Å². The summed E-state index contributed by atoms with van der Waals surface area (Å²) in [5, 5.41) is 11.8. The summed E-state index contributed by atoms with van der Waals surface area (Å²) in [6.45, 7) is 7.57. The minimum atomic E-state index is -0.464. The predicted molar refractivity (Wildman–Crippen MR) is 200 cm³/mol. The topological polar surface area (TPSA) is 124 Å². The molecule has 2 saturated carbocycles. The van der Waals surface area contributed by atoms with Gasteiger partial charge in [0.2, 0.25) is 5.95 Å². The summed E-state index contributed by atoms with van der Waals surface area (Å²) >= 11 is 6.62. The summed E-state index contributed by atoms with van der Waals surface area (Å²) < 4.78 is 13.1. The van der Waals surface area contributed by atoms with E-state index in [4.69, 9.17) is 26.1 Å². The van der Waals surface area contributed by atoms with Gasteiger partial charge in [0.25, 0.3) is 0 Å². The molecule has 0 saturated heterocycles. The van der Waals surface area contributed by atoms with E-state index in [0.29, 0.717) is 23.4 Å². The van der Waals surface area contributed by atoms with Crippen LogP contribution in [0.1, 0.15) is 103 Å². The van der Waals surface area contributed by atoms with Gasteiger partial charge < -0.3 is 25.0 Å². The highest BCUT2D eigenvalue weighted by Gasteiger charge is 2.31. The van der Waals surface area contributed by atoms with E-state index in [0.717, 1.165) is 93.3 Å². The van der Waals surface area contributed by atoms with E-state index in [1.54, 1.807) is 6.20 Å². The summed E-state index contributed by atoms with van der Waals surface area (Å²) in [6, 6.07) is 10.1. The van der Waals surface area contributed by atoms with Crippen LogP contribution in [-0.2, 0) is 34.3 Å². The number of esters is 1. The van der Waals surface area contributed by atoms with Crippen molar-refractivity contribution in [3.63, 3.8) is 0 Å². The standard InChI is InChI=1S/C39H56ClN7O4/c1-39(2,3)51-35(48)26-41-21-11-6-5-7-12-22-47(38(49)50-27-29-13-9-8-10-14-29)31-19-17-30(18-20-31)44-37-42-25-33(40)36(45-37)32-24-43-46(4)34(32)23-28-15-16-28/h8-10,13-14,24-25,28,30-31,41H,5-7,11-12,15-23,26-27H2,1-4H3,(H,42,44,45). The Morgan fingerprint density at radius 3 is 2.43 bits per heavy atom. The van der Waals surface area contributed by atoms with E-state index in [2.05, 4.69) is 20.7 Å². The third-order valence-electron chi connectivity index (χ3n) is 9.59. The van der Waals surface area contributed by atoms with Crippen molar-refractivity contribution in [2.45, 2.75) is 122 Å². The first-order valence-corrected chi connectivity index (χ1v) is 19.1. The zero-order chi connectivity index (χ0) is 36.2. The molecule has 2 heterocycles. The molecule has 2 aliphatic rings. The highest BCUT2D eigenvalue weighted by Crippen LogP contribution is 2.37. The van der Waals surface area contributed by atoms with Crippen molar-refractivity contribution < 1.29 is 19.1 Å². The highest BCUT2D eigenvalue weighted by molar-refractivity contribution is 6.33. The molecule has 1 amide bonds. The molecule has 0 aliphatic heterocycles. The summed E-state index contributed by atoms with van der Waals surface area (Å²) in [7, 11) is 1.98. The smallest absolute Gasteiger partial charge is 0.410 e. The van der Waals surface area contributed by atoms with Gasteiger partial charge in [0.05, 0.1) is 29.7 Å².